The van der Waals surface area contributed by atoms with E-state index in [0.29, 0.717) is 29.2 Å². The van der Waals surface area contributed by atoms with Crippen LogP contribution in [0.4, 0.5) is 15.0 Å². The van der Waals surface area contributed by atoms with E-state index in [1.807, 2.05) is 33.8 Å². The van der Waals surface area contributed by atoms with Crippen molar-refractivity contribution in [2.45, 2.75) is 83.6 Å². The van der Waals surface area contributed by atoms with Gasteiger partial charge in [0.1, 0.15) is 28.5 Å². The van der Waals surface area contributed by atoms with Crippen LogP contribution in [0.25, 0.3) is 27.9 Å². The Kier molecular flexibility index (Phi) is 6.84. The Morgan fingerprint density at radius 3 is 2.55 bits per heavy atom. The summed E-state index contributed by atoms with van der Waals surface area (Å²) in [6.45, 7) is 10.4. The molecule has 2 aliphatic carbocycles. The Bertz CT molecular complexity index is 1920. The van der Waals surface area contributed by atoms with E-state index >= 15 is 4.39 Å². The van der Waals surface area contributed by atoms with Crippen LogP contribution in [0.1, 0.15) is 62.4 Å². The molecule has 4 aromatic heterocycles. The van der Waals surface area contributed by atoms with Crippen LogP contribution in [-0.4, -0.2) is 96.5 Å². The first-order valence-electron chi connectivity index (χ1n) is 16.7. The molecule has 2 saturated heterocycles. The molecule has 2 unspecified atom stereocenters. The fraction of sp³-hybridized carbons (Fsp3) is 0.543. The first-order valence-corrected chi connectivity index (χ1v) is 16.7. The molecular formula is C35H42FN7O4. The number of piperidine rings is 1. The molecular weight excluding hydrogens is 601 g/mol. The number of rotatable bonds is 7. The number of aryl methyl sites for hydroxylation is 1. The zero-order valence-electron chi connectivity index (χ0n) is 27.6. The third-order valence-electron chi connectivity index (χ3n) is 10.8. The van der Waals surface area contributed by atoms with Gasteiger partial charge in [-0.1, -0.05) is 0 Å². The Morgan fingerprint density at radius 2 is 1.87 bits per heavy atom. The molecule has 11 nitrogen and oxygen atoms in total. The summed E-state index contributed by atoms with van der Waals surface area (Å²) in [5, 5.41) is 16.0. The van der Waals surface area contributed by atoms with Gasteiger partial charge in [0.05, 0.1) is 29.4 Å². The monoisotopic (exact) mass is 643 g/mol. The molecule has 47 heavy (non-hydrogen) atoms. The number of aromatic nitrogens is 4. The molecule has 2 saturated carbocycles. The number of hydrogen-bond acceptors (Lipinski definition) is 6. The lowest BCUT2D eigenvalue weighted by atomic mass is 9.98. The van der Waals surface area contributed by atoms with Crippen LogP contribution >= 0.6 is 0 Å². The number of likely N-dealkylation sites (tertiary alicyclic amines) is 1. The number of nitrogens with zero attached hydrogens (tertiary/aromatic N) is 7. The molecule has 2 amide bonds. The predicted octanol–water partition coefficient (Wildman–Crippen LogP) is 5.43. The first kappa shape index (κ1) is 30.2. The van der Waals surface area contributed by atoms with Crippen LogP contribution in [-0.2, 0) is 11.3 Å². The first-order chi connectivity index (χ1) is 22.4. The predicted molar refractivity (Wildman–Crippen MR) is 175 cm³/mol. The van der Waals surface area contributed by atoms with Crippen LogP contribution in [0.2, 0.25) is 0 Å². The summed E-state index contributed by atoms with van der Waals surface area (Å²) in [5.41, 5.74) is 3.09. The fourth-order valence-corrected chi connectivity index (χ4v) is 8.25. The van der Waals surface area contributed by atoms with Gasteiger partial charge in [-0.2, -0.15) is 5.10 Å². The summed E-state index contributed by atoms with van der Waals surface area (Å²) in [7, 11) is 1.73. The third-order valence-corrected chi connectivity index (χ3v) is 10.8. The molecule has 2 bridgehead atoms. The molecule has 0 radical (unpaired) electrons. The molecule has 2 aliphatic heterocycles. The minimum Gasteiger partial charge on any atom is -0.465 e. The van der Waals surface area contributed by atoms with E-state index in [1.165, 1.54) is 28.3 Å². The highest BCUT2D eigenvalue weighted by molar-refractivity contribution is 5.95. The van der Waals surface area contributed by atoms with Crippen LogP contribution < -0.4 is 4.90 Å². The lowest BCUT2D eigenvalue weighted by Crippen LogP contribution is -2.55. The average Bonchev–Trinajstić information content (AvgIpc) is 3.31. The quantitative estimate of drug-likeness (QED) is 0.286. The van der Waals surface area contributed by atoms with Gasteiger partial charge in [-0.3, -0.25) is 9.69 Å². The Balaban J connectivity index is 1.14. The number of pyridine rings is 2. The molecule has 4 aromatic rings. The maximum atomic E-state index is 16.0. The van der Waals surface area contributed by atoms with Crippen molar-refractivity contribution in [3.05, 3.63) is 47.4 Å². The van der Waals surface area contributed by atoms with Gasteiger partial charge in [0.25, 0.3) is 5.91 Å². The maximum absolute atomic E-state index is 16.0. The zero-order valence-corrected chi connectivity index (χ0v) is 27.6. The van der Waals surface area contributed by atoms with E-state index in [4.69, 9.17) is 14.8 Å². The summed E-state index contributed by atoms with van der Waals surface area (Å²) in [5.74, 6) is 0.741. The summed E-state index contributed by atoms with van der Waals surface area (Å²) in [6.07, 6.45) is 4.80. The molecule has 4 aliphatic rings. The number of ether oxygens (including phenoxy) is 1. The fourth-order valence-electron chi connectivity index (χ4n) is 8.25. The van der Waals surface area contributed by atoms with E-state index in [-0.39, 0.29) is 35.6 Å². The van der Waals surface area contributed by atoms with Crippen molar-refractivity contribution in [2.75, 3.05) is 31.6 Å². The number of halogens is 1. The van der Waals surface area contributed by atoms with Crippen molar-refractivity contribution in [3.63, 3.8) is 0 Å². The Hall–Kier alpha value is -4.19. The number of carboxylic acid groups (broad SMARTS) is 1. The van der Waals surface area contributed by atoms with E-state index in [2.05, 4.69) is 21.6 Å². The number of carbonyl (C=O) groups excluding carboxylic acids is 1. The second-order valence-electron chi connectivity index (χ2n) is 14.9. The summed E-state index contributed by atoms with van der Waals surface area (Å²) in [6, 6.07) is 7.00. The van der Waals surface area contributed by atoms with Gasteiger partial charge in [0.2, 0.25) is 0 Å². The lowest BCUT2D eigenvalue weighted by molar-refractivity contribution is 0.0503. The molecule has 12 heteroatoms. The van der Waals surface area contributed by atoms with E-state index < -0.39 is 17.4 Å². The number of methoxy groups -OCH3 is 1. The smallest absolute Gasteiger partial charge is 0.408 e. The maximum Gasteiger partial charge on any atom is 0.408 e. The molecule has 0 aromatic carbocycles. The van der Waals surface area contributed by atoms with Crippen LogP contribution in [0, 0.1) is 24.6 Å². The van der Waals surface area contributed by atoms with E-state index in [0.717, 1.165) is 55.0 Å². The highest BCUT2D eigenvalue weighted by atomic mass is 19.1. The van der Waals surface area contributed by atoms with E-state index in [9.17, 15) is 14.7 Å². The molecule has 0 spiro atoms. The Morgan fingerprint density at radius 1 is 1.11 bits per heavy atom. The molecule has 1 N–H and O–H groups in total. The number of hydrogen-bond donors (Lipinski definition) is 1. The molecule has 3 atom stereocenters. The highest BCUT2D eigenvalue weighted by Crippen LogP contribution is 2.44. The lowest BCUT2D eigenvalue weighted by Gasteiger charge is -2.40. The van der Waals surface area contributed by atoms with Gasteiger partial charge in [0, 0.05) is 56.0 Å². The van der Waals surface area contributed by atoms with Crippen molar-refractivity contribution in [1.82, 2.24) is 29.0 Å². The number of anilines is 1. The van der Waals surface area contributed by atoms with Crippen LogP contribution in [0.15, 0.2) is 30.5 Å². The van der Waals surface area contributed by atoms with E-state index in [1.54, 1.807) is 18.2 Å². The van der Waals surface area contributed by atoms with Gasteiger partial charge in [0.15, 0.2) is 0 Å². The standard InChI is InChI=1S/C35H42FN7O4/c1-19-29(27-13-21-9-11-28(39-17-24(18-39)47-5)37-32(21)40(27)14-20-6-7-20)38-42-16-23(12-25(36)30(19)42)33(44)41-15-22-8-10-26(41)31(22)43(34(45)46)35(2,3)4/h9,11-13,16,20,22,24,26,31H,6-8,10,14-15,17-18H2,1-5H3,(H,45,46)/t22?,26?,31-/m1/s1. The largest absolute Gasteiger partial charge is 0.465 e. The minimum atomic E-state index is -0.980. The van der Waals surface area contributed by atoms with Crippen LogP contribution in [0.3, 0.4) is 0 Å². The SMILES string of the molecule is COC1CN(c2ccc3cc(-c4nn5cc(C(=O)N6CC7CCC6[C@@H]7N(C(=O)O)C(C)(C)C)cc(F)c5c4C)n(CC4CC4)c3n2)C1. The average molecular weight is 644 g/mol. The molecule has 248 valence electrons. The van der Waals surface area contributed by atoms with Crippen molar-refractivity contribution >= 4 is 34.4 Å². The minimum absolute atomic E-state index is 0.0522. The van der Waals surface area contributed by atoms with Crippen molar-refractivity contribution in [3.8, 4) is 11.4 Å². The second kappa shape index (κ2) is 10.7. The summed E-state index contributed by atoms with van der Waals surface area (Å²) >= 11 is 0. The normalized spacial score (nSPS) is 22.9. The number of fused-ring (bicyclic) bond motifs is 4. The van der Waals surface area contributed by atoms with Gasteiger partial charge < -0.3 is 24.2 Å². The second-order valence-corrected chi connectivity index (χ2v) is 14.9. The van der Waals surface area contributed by atoms with Crippen molar-refractivity contribution < 1.29 is 23.8 Å². The summed E-state index contributed by atoms with van der Waals surface area (Å²) < 4.78 is 25.1. The van der Waals surface area contributed by atoms with Crippen LogP contribution in [0.5, 0.6) is 0 Å². The van der Waals surface area contributed by atoms with Gasteiger partial charge in [-0.25, -0.2) is 18.7 Å². The summed E-state index contributed by atoms with van der Waals surface area (Å²) in [4.78, 5) is 36.8. The number of amides is 2. The molecule has 6 heterocycles. The highest BCUT2D eigenvalue weighted by Gasteiger charge is 2.54. The van der Waals surface area contributed by atoms with Gasteiger partial charge in [-0.15, -0.1) is 0 Å². The number of carbonyl (C=O) groups is 2. The Labute approximate surface area is 272 Å². The third kappa shape index (κ3) is 4.86. The molecule has 8 rings (SSSR count). The van der Waals surface area contributed by atoms with Gasteiger partial charge >= 0.3 is 6.09 Å². The molecule has 4 fully saturated rings. The zero-order chi connectivity index (χ0) is 32.9. The van der Waals surface area contributed by atoms with Crippen molar-refractivity contribution in [2.24, 2.45) is 11.8 Å². The topological polar surface area (TPSA) is 108 Å². The van der Waals surface area contributed by atoms with Gasteiger partial charge in [-0.05, 0) is 89.5 Å². The van der Waals surface area contributed by atoms with Crippen molar-refractivity contribution in [1.29, 1.82) is 0 Å².